The van der Waals surface area contributed by atoms with Crippen LogP contribution in [-0.4, -0.2) is 19.2 Å². The van der Waals surface area contributed by atoms with Crippen molar-refractivity contribution in [3.8, 4) is 5.75 Å². The Morgan fingerprint density at radius 3 is 2.47 bits per heavy atom. The van der Waals surface area contributed by atoms with Crippen molar-refractivity contribution in [2.45, 2.75) is 32.5 Å². The van der Waals surface area contributed by atoms with Gasteiger partial charge < -0.3 is 10.1 Å². The second-order valence-electron chi connectivity index (χ2n) is 4.99. The number of ether oxygens (including phenoxy) is 1. The first-order chi connectivity index (χ1) is 7.83. The van der Waals surface area contributed by atoms with Gasteiger partial charge in [0.05, 0.1) is 7.11 Å². The molecule has 1 N–H and O–H groups in total. The number of hydrogen-bond donors (Lipinski definition) is 1. The SMILES string of the molecule is COc1ccc(C(F)CNC(C)(C)C)c(F)c1. The van der Waals surface area contributed by atoms with E-state index in [-0.39, 0.29) is 17.6 Å². The fourth-order valence-electron chi connectivity index (χ4n) is 1.39. The molecule has 0 spiro atoms. The van der Waals surface area contributed by atoms with Crippen LogP contribution in [0.2, 0.25) is 0 Å². The number of nitrogens with one attached hydrogen (secondary N) is 1. The van der Waals surface area contributed by atoms with E-state index in [9.17, 15) is 8.78 Å². The lowest BCUT2D eigenvalue weighted by Gasteiger charge is -2.22. The van der Waals surface area contributed by atoms with Crippen molar-refractivity contribution in [1.29, 1.82) is 0 Å². The molecule has 1 rings (SSSR count). The topological polar surface area (TPSA) is 21.3 Å². The Morgan fingerprint density at radius 1 is 1.35 bits per heavy atom. The molecule has 0 aromatic heterocycles. The van der Waals surface area contributed by atoms with Gasteiger partial charge in [-0.3, -0.25) is 0 Å². The molecule has 1 aromatic rings. The zero-order valence-corrected chi connectivity index (χ0v) is 10.7. The van der Waals surface area contributed by atoms with Crippen molar-refractivity contribution in [3.63, 3.8) is 0 Å². The third kappa shape index (κ3) is 4.30. The summed E-state index contributed by atoms with van der Waals surface area (Å²) < 4.78 is 32.2. The van der Waals surface area contributed by atoms with E-state index >= 15 is 0 Å². The molecule has 0 amide bonds. The second kappa shape index (κ2) is 5.45. The van der Waals surface area contributed by atoms with Gasteiger partial charge in [-0.05, 0) is 32.9 Å². The van der Waals surface area contributed by atoms with Crippen LogP contribution < -0.4 is 10.1 Å². The van der Waals surface area contributed by atoms with Crippen molar-refractivity contribution in [2.24, 2.45) is 0 Å². The number of rotatable bonds is 4. The highest BCUT2D eigenvalue weighted by Crippen LogP contribution is 2.24. The van der Waals surface area contributed by atoms with Crippen molar-refractivity contribution in [2.75, 3.05) is 13.7 Å². The molecule has 0 aliphatic rings. The van der Waals surface area contributed by atoms with Gasteiger partial charge in [-0.1, -0.05) is 0 Å². The van der Waals surface area contributed by atoms with Crippen LogP contribution in [0.5, 0.6) is 5.75 Å². The number of alkyl halides is 1. The third-order valence-electron chi connectivity index (χ3n) is 2.36. The largest absolute Gasteiger partial charge is 0.497 e. The molecule has 0 fully saturated rings. The highest BCUT2D eigenvalue weighted by Gasteiger charge is 2.18. The van der Waals surface area contributed by atoms with Gasteiger partial charge in [-0.2, -0.15) is 0 Å². The summed E-state index contributed by atoms with van der Waals surface area (Å²) in [7, 11) is 1.45. The van der Waals surface area contributed by atoms with E-state index in [1.54, 1.807) is 6.07 Å². The number of benzene rings is 1. The molecule has 1 atom stereocenters. The molecular weight excluding hydrogens is 224 g/mol. The minimum atomic E-state index is -1.36. The summed E-state index contributed by atoms with van der Waals surface area (Å²) >= 11 is 0. The molecule has 96 valence electrons. The maximum atomic E-state index is 13.8. The Bertz CT molecular complexity index is 374. The van der Waals surface area contributed by atoms with Gasteiger partial charge in [0.1, 0.15) is 17.7 Å². The van der Waals surface area contributed by atoms with E-state index in [4.69, 9.17) is 4.74 Å². The molecule has 0 bridgehead atoms. The Kier molecular flexibility index (Phi) is 4.46. The van der Waals surface area contributed by atoms with Crippen molar-refractivity contribution < 1.29 is 13.5 Å². The summed E-state index contributed by atoms with van der Waals surface area (Å²) in [5, 5.41) is 3.00. The predicted octanol–water partition coefficient (Wildman–Crippen LogP) is 3.23. The zero-order valence-electron chi connectivity index (χ0n) is 10.7. The lowest BCUT2D eigenvalue weighted by atomic mass is 10.1. The molecule has 0 saturated carbocycles. The van der Waals surface area contributed by atoms with Crippen LogP contribution in [0.15, 0.2) is 18.2 Å². The molecule has 0 radical (unpaired) electrons. The number of halogens is 2. The Balaban J connectivity index is 2.72. The predicted molar refractivity (Wildman–Crippen MR) is 64.6 cm³/mol. The molecule has 4 heteroatoms. The van der Waals surface area contributed by atoms with Crippen LogP contribution in [0, 0.1) is 5.82 Å². The van der Waals surface area contributed by atoms with E-state index in [1.165, 1.54) is 19.2 Å². The molecule has 17 heavy (non-hydrogen) atoms. The highest BCUT2D eigenvalue weighted by atomic mass is 19.1. The molecule has 1 unspecified atom stereocenters. The minimum Gasteiger partial charge on any atom is -0.497 e. The van der Waals surface area contributed by atoms with Crippen LogP contribution in [0.25, 0.3) is 0 Å². The summed E-state index contributed by atoms with van der Waals surface area (Å²) in [6, 6.07) is 4.17. The summed E-state index contributed by atoms with van der Waals surface area (Å²) in [6.07, 6.45) is -1.36. The molecule has 0 saturated heterocycles. The van der Waals surface area contributed by atoms with Crippen molar-refractivity contribution in [3.05, 3.63) is 29.6 Å². The van der Waals surface area contributed by atoms with Crippen molar-refractivity contribution in [1.82, 2.24) is 5.32 Å². The van der Waals surface area contributed by atoms with Crippen molar-refractivity contribution >= 4 is 0 Å². The normalized spacial score (nSPS) is 13.5. The Hall–Kier alpha value is -1.16. The number of methoxy groups -OCH3 is 1. The Labute approximate surface area is 101 Å². The highest BCUT2D eigenvalue weighted by molar-refractivity contribution is 5.30. The Morgan fingerprint density at radius 2 is 2.00 bits per heavy atom. The van der Waals surface area contributed by atoms with Crippen LogP contribution in [0.3, 0.4) is 0 Å². The molecule has 2 nitrogen and oxygen atoms in total. The fourth-order valence-corrected chi connectivity index (χ4v) is 1.39. The molecular formula is C13H19F2NO. The second-order valence-corrected chi connectivity index (χ2v) is 4.99. The van der Waals surface area contributed by atoms with Gasteiger partial charge in [0.15, 0.2) is 0 Å². The zero-order chi connectivity index (χ0) is 13.1. The van der Waals surface area contributed by atoms with E-state index in [0.717, 1.165) is 0 Å². The quantitative estimate of drug-likeness (QED) is 0.876. The number of hydrogen-bond acceptors (Lipinski definition) is 2. The first kappa shape index (κ1) is 13.9. The maximum absolute atomic E-state index is 13.8. The molecule has 1 aromatic carbocycles. The van der Waals surface area contributed by atoms with E-state index in [1.807, 2.05) is 20.8 Å². The van der Waals surface area contributed by atoms with E-state index in [0.29, 0.717) is 5.75 Å². The lowest BCUT2D eigenvalue weighted by Crippen LogP contribution is -2.38. The third-order valence-corrected chi connectivity index (χ3v) is 2.36. The monoisotopic (exact) mass is 243 g/mol. The summed E-state index contributed by atoms with van der Waals surface area (Å²) in [5.74, 6) is -0.185. The van der Waals surface area contributed by atoms with Crippen LogP contribution in [0.4, 0.5) is 8.78 Å². The van der Waals surface area contributed by atoms with Gasteiger partial charge in [-0.25, -0.2) is 8.78 Å². The van der Waals surface area contributed by atoms with Gasteiger partial charge in [0, 0.05) is 23.7 Å². The molecule has 0 heterocycles. The standard InChI is InChI=1S/C13H19F2NO/c1-13(2,3)16-8-12(15)10-6-5-9(17-4)7-11(10)14/h5-7,12,16H,8H2,1-4H3. The molecule has 0 aliphatic heterocycles. The average Bonchev–Trinajstić information content (AvgIpc) is 2.24. The maximum Gasteiger partial charge on any atom is 0.140 e. The van der Waals surface area contributed by atoms with E-state index in [2.05, 4.69) is 5.32 Å². The molecule has 0 aliphatic carbocycles. The summed E-state index contributed by atoms with van der Waals surface area (Å²) in [6.45, 7) is 5.89. The van der Waals surface area contributed by atoms with Gasteiger partial charge in [0.25, 0.3) is 0 Å². The van der Waals surface area contributed by atoms with Gasteiger partial charge in [-0.15, -0.1) is 0 Å². The summed E-state index contributed by atoms with van der Waals surface area (Å²) in [5.41, 5.74) is -0.129. The van der Waals surface area contributed by atoms with E-state index < -0.39 is 12.0 Å². The first-order valence-corrected chi connectivity index (χ1v) is 5.56. The first-order valence-electron chi connectivity index (χ1n) is 5.56. The fraction of sp³-hybridized carbons (Fsp3) is 0.538. The lowest BCUT2D eigenvalue weighted by molar-refractivity contribution is 0.284. The summed E-state index contributed by atoms with van der Waals surface area (Å²) in [4.78, 5) is 0. The average molecular weight is 243 g/mol. The van der Waals surface area contributed by atoms with Crippen LogP contribution in [0.1, 0.15) is 32.5 Å². The van der Waals surface area contributed by atoms with Gasteiger partial charge in [0.2, 0.25) is 0 Å². The van der Waals surface area contributed by atoms with Gasteiger partial charge >= 0.3 is 0 Å². The minimum absolute atomic E-state index is 0.0579. The van der Waals surface area contributed by atoms with Crippen LogP contribution in [-0.2, 0) is 0 Å². The smallest absolute Gasteiger partial charge is 0.140 e. The van der Waals surface area contributed by atoms with Crippen LogP contribution >= 0.6 is 0 Å².